The fourth-order valence-electron chi connectivity index (χ4n) is 6.05. The van der Waals surface area contributed by atoms with Crippen molar-refractivity contribution >= 4 is 69.1 Å². The molecule has 2 aromatic rings. The lowest BCUT2D eigenvalue weighted by Gasteiger charge is -2.30. The third kappa shape index (κ3) is 23.4. The van der Waals surface area contributed by atoms with Crippen molar-refractivity contribution in [1.82, 2.24) is 30.2 Å². The lowest BCUT2D eigenvalue weighted by molar-refractivity contribution is -0.137. The second kappa shape index (κ2) is 30.7. The van der Waals surface area contributed by atoms with E-state index >= 15 is 0 Å². The third-order valence-electron chi connectivity index (χ3n) is 9.66. The van der Waals surface area contributed by atoms with Crippen LogP contribution in [0.4, 0.5) is 5.82 Å². The van der Waals surface area contributed by atoms with Crippen LogP contribution in [0, 0.1) is 5.41 Å². The Bertz CT molecular complexity index is 2400. The van der Waals surface area contributed by atoms with Gasteiger partial charge in [-0.25, -0.2) is 28.6 Å². The maximum absolute atomic E-state index is 12.7. The van der Waals surface area contributed by atoms with Gasteiger partial charge in [-0.2, -0.15) is 4.31 Å². The highest BCUT2D eigenvalue weighted by molar-refractivity contribution is 8.14. The summed E-state index contributed by atoms with van der Waals surface area (Å²) in [5.41, 5.74) is 4.26. The number of aliphatic hydroxyl groups excluding tert-OH is 2. The molecule has 0 aromatic carbocycles. The van der Waals surface area contributed by atoms with Gasteiger partial charge in [0.25, 0.3) is 0 Å². The van der Waals surface area contributed by atoms with Crippen LogP contribution in [0.15, 0.2) is 97.7 Å². The number of amides is 2. The highest BCUT2D eigenvalue weighted by atomic mass is 32.2. The molecule has 71 heavy (non-hydrogen) atoms. The van der Waals surface area contributed by atoms with E-state index in [0.717, 1.165) is 67.5 Å². The number of imidazole rings is 1. The fourth-order valence-corrected chi connectivity index (χ4v) is 9.46. The maximum Gasteiger partial charge on any atom is 0.481 e. The van der Waals surface area contributed by atoms with Crippen LogP contribution < -0.4 is 16.4 Å². The summed E-state index contributed by atoms with van der Waals surface area (Å²) in [5, 5.41) is 26.3. The van der Waals surface area contributed by atoms with Gasteiger partial charge in [0.2, 0.25) is 16.9 Å². The van der Waals surface area contributed by atoms with Crippen LogP contribution in [0.1, 0.15) is 71.9 Å². The first-order chi connectivity index (χ1) is 33.6. The Balaban J connectivity index is 1.31. The molecule has 2 unspecified atom stereocenters. The van der Waals surface area contributed by atoms with Crippen LogP contribution in [0.25, 0.3) is 11.2 Å². The van der Waals surface area contributed by atoms with E-state index in [-0.39, 0.29) is 41.6 Å². The lowest BCUT2D eigenvalue weighted by atomic mass is 9.87. The van der Waals surface area contributed by atoms with E-state index in [0.29, 0.717) is 5.75 Å². The molecule has 2 amide bonds. The molecule has 0 radical (unpaired) electrons. The van der Waals surface area contributed by atoms with E-state index in [2.05, 4.69) is 96.0 Å². The number of carbonyl (C=O) groups excluding carboxylic acids is 3. The number of rotatable bonds is 32. The molecule has 24 nitrogen and oxygen atoms in total. The fraction of sp³-hybridized carbons (Fsp3) is 0.488. The monoisotopic (exact) mass is 1080 g/mol. The second-order valence-corrected chi connectivity index (χ2v) is 21.3. The number of fused-ring (bicyclic) bond motifs is 1. The average molecular weight is 1080 g/mol. The number of nitrogens with two attached hydrogens (primary N) is 1. The number of carbonyl (C=O) groups is 3. The van der Waals surface area contributed by atoms with Gasteiger partial charge in [0.15, 0.2) is 17.7 Å². The van der Waals surface area contributed by atoms with Gasteiger partial charge in [-0.1, -0.05) is 112 Å². The number of phosphoric ester groups is 3. The molecule has 0 spiro atoms. The van der Waals surface area contributed by atoms with Crippen molar-refractivity contribution in [2.75, 3.05) is 37.8 Å². The first-order valence-corrected chi connectivity index (χ1v) is 27.7. The summed E-state index contributed by atoms with van der Waals surface area (Å²) in [5.74, 6) is -1.19. The van der Waals surface area contributed by atoms with E-state index in [1.807, 2.05) is 12.2 Å². The van der Waals surface area contributed by atoms with Gasteiger partial charge in [0.1, 0.15) is 36.3 Å². The Labute approximate surface area is 415 Å². The molecule has 1 aliphatic heterocycles. The Morgan fingerprint density at radius 2 is 1.45 bits per heavy atom. The molecular formula is C43H64N7O17P3S. The molecule has 3 heterocycles. The third-order valence-corrected chi connectivity index (χ3v) is 13.6. The van der Waals surface area contributed by atoms with Crippen molar-refractivity contribution in [2.24, 2.45) is 5.41 Å². The first kappa shape index (κ1) is 61.0. The molecule has 0 bridgehead atoms. The van der Waals surface area contributed by atoms with Crippen molar-refractivity contribution in [3.63, 3.8) is 0 Å². The number of allylic oxidation sites excluding steroid dienone is 13. The normalized spacial score (nSPS) is 20.4. The van der Waals surface area contributed by atoms with Gasteiger partial charge < -0.3 is 50.9 Å². The SMILES string of the molecule is CC/C=C\C/C=C\C/C=C\C/C=C\C/C=C\C/C=C\C=C\C(=O)SCCNC(=O)CCNC(=O)[C@H](O)C(C)(C)COP(=O)(O)OP(=O)(O)OC[C@H]1O[C@@H](n2cnc3c(N)ncnc32)[C@H](O)[C@@H]1OP(=O)(O)O. The summed E-state index contributed by atoms with van der Waals surface area (Å²) in [6.45, 7) is 2.54. The standard InChI is InChI=1S/C43H64N7O17P3S/c1-4-5-6-7-8-9-10-11-12-13-14-15-16-17-18-19-20-21-22-23-34(52)71-27-26-45-33(51)24-25-46-41(55)38(54)43(2,3)29-64-70(61,62)67-69(59,60)63-28-32-37(66-68(56,57)58)36(53)42(65-32)50-31-49-35-39(44)47-30-48-40(35)50/h5-6,8-9,11-12,14-15,17-18,20-23,30-32,36-38,42,53-54H,4,7,10,13,16,19,24-29H2,1-3H3,(H,45,51)(H,46,55)(H,59,60)(H,61,62)(H2,44,47,48)(H2,56,57,58)/b6-5-,9-8-,12-11-,15-14-,18-17-,21-20-,23-22+/t32-,36-,37-,38+,42-/m1/s1. The van der Waals surface area contributed by atoms with Gasteiger partial charge in [0, 0.05) is 30.7 Å². The number of nitrogen functional groups attached to an aromatic ring is 1. The van der Waals surface area contributed by atoms with E-state index in [1.54, 1.807) is 12.2 Å². The number of aliphatic hydroxyl groups is 2. The van der Waals surface area contributed by atoms with Crippen LogP contribution in [-0.4, -0.2) is 123 Å². The van der Waals surface area contributed by atoms with Crippen LogP contribution in [0.5, 0.6) is 0 Å². The van der Waals surface area contributed by atoms with Crippen molar-refractivity contribution in [1.29, 1.82) is 0 Å². The number of aromatic nitrogens is 4. The lowest BCUT2D eigenvalue weighted by Crippen LogP contribution is -2.46. The summed E-state index contributed by atoms with van der Waals surface area (Å²) in [6.07, 6.45) is 26.5. The summed E-state index contributed by atoms with van der Waals surface area (Å²) in [4.78, 5) is 88.3. The minimum absolute atomic E-state index is 0.0276. The summed E-state index contributed by atoms with van der Waals surface area (Å²) in [7, 11) is -16.4. The van der Waals surface area contributed by atoms with Crippen molar-refractivity contribution in [3.05, 3.63) is 97.7 Å². The van der Waals surface area contributed by atoms with E-state index in [1.165, 1.54) is 19.9 Å². The van der Waals surface area contributed by atoms with E-state index < -0.39 is 84.6 Å². The quantitative estimate of drug-likeness (QED) is 0.0154. The molecule has 1 fully saturated rings. The summed E-state index contributed by atoms with van der Waals surface area (Å²) < 4.78 is 62.4. The van der Waals surface area contributed by atoms with Crippen LogP contribution in [0.2, 0.25) is 0 Å². The van der Waals surface area contributed by atoms with Gasteiger partial charge in [0.05, 0.1) is 19.5 Å². The van der Waals surface area contributed by atoms with Crippen LogP contribution in [0.3, 0.4) is 0 Å². The highest BCUT2D eigenvalue weighted by Crippen LogP contribution is 2.61. The number of nitrogens with zero attached hydrogens (tertiary/aromatic N) is 4. The largest absolute Gasteiger partial charge is 0.481 e. The number of nitrogens with one attached hydrogen (secondary N) is 2. The zero-order chi connectivity index (χ0) is 52.5. The molecule has 10 N–H and O–H groups in total. The minimum atomic E-state index is -5.59. The smallest absolute Gasteiger partial charge is 0.386 e. The highest BCUT2D eigenvalue weighted by Gasteiger charge is 2.50. The molecule has 0 saturated carbocycles. The van der Waals surface area contributed by atoms with E-state index in [4.69, 9.17) is 19.5 Å². The van der Waals surface area contributed by atoms with Crippen molar-refractivity contribution in [2.45, 2.75) is 96.4 Å². The first-order valence-electron chi connectivity index (χ1n) is 22.2. The number of ether oxygens (including phenoxy) is 1. The molecule has 1 aliphatic rings. The molecule has 0 aliphatic carbocycles. The summed E-state index contributed by atoms with van der Waals surface area (Å²) in [6, 6.07) is 0. The van der Waals surface area contributed by atoms with Crippen LogP contribution >= 0.6 is 35.2 Å². The Morgan fingerprint density at radius 1 is 0.859 bits per heavy atom. The molecule has 1 saturated heterocycles. The van der Waals surface area contributed by atoms with Gasteiger partial charge in [-0.3, -0.25) is 32.5 Å². The second-order valence-electron chi connectivity index (χ2n) is 16.0. The average Bonchev–Trinajstić information content (AvgIpc) is 3.86. The van der Waals surface area contributed by atoms with Gasteiger partial charge >= 0.3 is 23.5 Å². The number of anilines is 1. The maximum atomic E-state index is 12.7. The van der Waals surface area contributed by atoms with Crippen LogP contribution in [-0.2, 0) is 50.7 Å². The van der Waals surface area contributed by atoms with Crippen molar-refractivity contribution in [3.8, 4) is 0 Å². The number of phosphoric acid groups is 3. The minimum Gasteiger partial charge on any atom is -0.386 e. The Kier molecular flexibility index (Phi) is 26.4. The topological polar surface area (TPSA) is 364 Å². The zero-order valence-electron chi connectivity index (χ0n) is 39.4. The molecule has 394 valence electrons. The summed E-state index contributed by atoms with van der Waals surface area (Å²) >= 11 is 1.01. The number of thioether (sulfide) groups is 1. The van der Waals surface area contributed by atoms with Crippen molar-refractivity contribution < 1.29 is 80.5 Å². The van der Waals surface area contributed by atoms with Gasteiger partial charge in [-0.15, -0.1) is 0 Å². The Morgan fingerprint density at radius 3 is 2.06 bits per heavy atom. The molecule has 2 aromatic heterocycles. The molecule has 28 heteroatoms. The molecule has 7 atom stereocenters. The molecular weight excluding hydrogens is 1010 g/mol. The Hall–Kier alpha value is -4.26. The predicted molar refractivity (Wildman–Crippen MR) is 264 cm³/mol. The predicted octanol–water partition coefficient (Wildman–Crippen LogP) is 4.92. The van der Waals surface area contributed by atoms with E-state index in [9.17, 15) is 57.9 Å². The number of hydrogen-bond donors (Lipinski definition) is 9. The molecule has 3 rings (SSSR count). The number of hydrogen-bond acceptors (Lipinski definition) is 18. The zero-order valence-corrected chi connectivity index (χ0v) is 42.9. The van der Waals surface area contributed by atoms with Gasteiger partial charge in [-0.05, 0) is 44.6 Å².